The molecular weight excluding hydrogens is 420 g/mol. The van der Waals surface area contributed by atoms with E-state index in [1.807, 2.05) is 25.1 Å². The summed E-state index contributed by atoms with van der Waals surface area (Å²) in [5.74, 6) is 0.863. The van der Waals surface area contributed by atoms with Crippen molar-refractivity contribution in [1.29, 1.82) is 0 Å². The first kappa shape index (κ1) is 21.4. The minimum absolute atomic E-state index is 0.0442. The Kier molecular flexibility index (Phi) is 5.99. The number of aryl methyl sites for hydroxylation is 1. The number of H-pyrrole nitrogens is 1. The monoisotopic (exact) mass is 444 g/mol. The van der Waals surface area contributed by atoms with E-state index in [0.29, 0.717) is 30.3 Å². The van der Waals surface area contributed by atoms with E-state index in [1.54, 1.807) is 12.1 Å². The third-order valence-corrected chi connectivity index (χ3v) is 7.07. The number of benzene rings is 2. The Morgan fingerprint density at radius 2 is 1.87 bits per heavy atom. The maximum absolute atomic E-state index is 13.4. The summed E-state index contributed by atoms with van der Waals surface area (Å²) < 4.78 is 39.0. The van der Waals surface area contributed by atoms with E-state index in [1.165, 1.54) is 16.4 Å². The van der Waals surface area contributed by atoms with Gasteiger partial charge in [0.15, 0.2) is 11.5 Å². The first-order valence-corrected chi connectivity index (χ1v) is 11.5. The number of aromatic nitrogens is 1. The summed E-state index contributed by atoms with van der Waals surface area (Å²) in [6.45, 7) is 2.44. The standard InChI is InChI=1S/C22H24N2O6S/c1-15-4-2-5-16-12-17(22(26)23-21(15)16)14-24(8-3-9-25)31(27,28)18-6-7-19-20(13-18)30-11-10-29-19/h2,4-7,12-13,25H,3,8-11,14H2,1H3,(H,23,26). The number of aromatic amines is 1. The van der Waals surface area contributed by atoms with Crippen molar-refractivity contribution in [2.75, 3.05) is 26.4 Å². The van der Waals surface area contributed by atoms with Crippen LogP contribution in [0.2, 0.25) is 0 Å². The molecule has 164 valence electrons. The summed E-state index contributed by atoms with van der Waals surface area (Å²) in [4.78, 5) is 15.6. The molecule has 0 amide bonds. The minimum Gasteiger partial charge on any atom is -0.486 e. The Balaban J connectivity index is 1.71. The maximum Gasteiger partial charge on any atom is 0.252 e. The van der Waals surface area contributed by atoms with Crippen molar-refractivity contribution >= 4 is 20.9 Å². The molecule has 0 saturated heterocycles. The van der Waals surface area contributed by atoms with Gasteiger partial charge < -0.3 is 19.6 Å². The van der Waals surface area contributed by atoms with Gasteiger partial charge in [-0.15, -0.1) is 0 Å². The molecule has 1 aliphatic rings. The molecule has 0 atom stereocenters. The van der Waals surface area contributed by atoms with Crippen molar-refractivity contribution in [2.45, 2.75) is 24.8 Å². The van der Waals surface area contributed by atoms with E-state index in [0.717, 1.165) is 16.5 Å². The van der Waals surface area contributed by atoms with Gasteiger partial charge in [-0.2, -0.15) is 4.31 Å². The maximum atomic E-state index is 13.4. The van der Waals surface area contributed by atoms with Crippen LogP contribution in [0, 0.1) is 6.92 Å². The number of para-hydroxylation sites is 1. The molecule has 9 heteroatoms. The zero-order valence-corrected chi connectivity index (χ0v) is 17.9. The lowest BCUT2D eigenvalue weighted by atomic mass is 10.1. The average molecular weight is 445 g/mol. The zero-order valence-electron chi connectivity index (χ0n) is 17.1. The summed E-state index contributed by atoms with van der Waals surface area (Å²) in [7, 11) is -3.95. The smallest absolute Gasteiger partial charge is 0.252 e. The van der Waals surface area contributed by atoms with E-state index >= 15 is 0 Å². The molecule has 0 unspecified atom stereocenters. The predicted octanol–water partition coefficient (Wildman–Crippen LogP) is 2.18. The van der Waals surface area contributed by atoms with Crippen LogP contribution in [-0.4, -0.2) is 49.2 Å². The van der Waals surface area contributed by atoms with E-state index in [-0.39, 0.29) is 36.6 Å². The van der Waals surface area contributed by atoms with Crippen LogP contribution in [0.1, 0.15) is 17.5 Å². The lowest BCUT2D eigenvalue weighted by Crippen LogP contribution is -2.34. The quantitative estimate of drug-likeness (QED) is 0.578. The SMILES string of the molecule is Cc1cccc2cc(CN(CCCO)S(=O)(=O)c3ccc4c(c3)OCCO4)c(=O)[nH]c12. The Hall–Kier alpha value is -2.88. The summed E-state index contributed by atoms with van der Waals surface area (Å²) in [6, 6.07) is 11.8. The van der Waals surface area contributed by atoms with Crippen molar-refractivity contribution in [2.24, 2.45) is 0 Å². The molecule has 0 bridgehead atoms. The number of rotatable bonds is 7. The van der Waals surface area contributed by atoms with Gasteiger partial charge >= 0.3 is 0 Å². The highest BCUT2D eigenvalue weighted by atomic mass is 32.2. The Labute approximate surface area is 180 Å². The number of nitrogens with one attached hydrogen (secondary N) is 1. The first-order chi connectivity index (χ1) is 14.9. The fraction of sp³-hybridized carbons (Fsp3) is 0.318. The molecule has 0 aliphatic carbocycles. The third kappa shape index (κ3) is 4.30. The molecule has 8 nitrogen and oxygen atoms in total. The van der Waals surface area contributed by atoms with E-state index < -0.39 is 10.0 Å². The number of fused-ring (bicyclic) bond motifs is 2. The first-order valence-electron chi connectivity index (χ1n) is 10.0. The van der Waals surface area contributed by atoms with Gasteiger partial charge in [-0.1, -0.05) is 18.2 Å². The van der Waals surface area contributed by atoms with Crippen LogP contribution in [-0.2, 0) is 16.6 Å². The van der Waals surface area contributed by atoms with Crippen molar-refractivity contribution < 1.29 is 23.0 Å². The minimum atomic E-state index is -3.95. The predicted molar refractivity (Wildman–Crippen MR) is 116 cm³/mol. The second-order valence-corrected chi connectivity index (χ2v) is 9.32. The second kappa shape index (κ2) is 8.70. The number of pyridine rings is 1. The molecular formula is C22H24N2O6S. The zero-order chi connectivity index (χ0) is 22.0. The Morgan fingerprint density at radius 3 is 2.65 bits per heavy atom. The molecule has 2 heterocycles. The van der Waals surface area contributed by atoms with Gasteiger partial charge in [0.2, 0.25) is 10.0 Å². The fourth-order valence-electron chi connectivity index (χ4n) is 3.60. The molecule has 1 aliphatic heterocycles. The van der Waals surface area contributed by atoms with Crippen molar-refractivity contribution in [3.63, 3.8) is 0 Å². The highest BCUT2D eigenvalue weighted by molar-refractivity contribution is 7.89. The number of nitrogens with zero attached hydrogens (tertiary/aromatic N) is 1. The largest absolute Gasteiger partial charge is 0.486 e. The molecule has 2 aromatic carbocycles. The van der Waals surface area contributed by atoms with E-state index in [2.05, 4.69) is 4.98 Å². The van der Waals surface area contributed by atoms with E-state index in [9.17, 15) is 18.3 Å². The van der Waals surface area contributed by atoms with Crippen LogP contribution in [0.25, 0.3) is 10.9 Å². The molecule has 2 N–H and O–H groups in total. The van der Waals surface area contributed by atoms with Crippen LogP contribution >= 0.6 is 0 Å². The molecule has 0 spiro atoms. The number of sulfonamides is 1. The lowest BCUT2D eigenvalue weighted by Gasteiger charge is -2.24. The topological polar surface area (TPSA) is 109 Å². The van der Waals surface area contributed by atoms with Crippen molar-refractivity contribution in [1.82, 2.24) is 9.29 Å². The molecule has 0 saturated carbocycles. The summed E-state index contributed by atoms with van der Waals surface area (Å²) in [5, 5.41) is 10.1. The third-order valence-electron chi connectivity index (χ3n) is 5.23. The lowest BCUT2D eigenvalue weighted by molar-refractivity contribution is 0.171. The van der Waals surface area contributed by atoms with E-state index in [4.69, 9.17) is 9.47 Å². The van der Waals surface area contributed by atoms with Gasteiger partial charge in [-0.05, 0) is 42.5 Å². The van der Waals surface area contributed by atoms with Gasteiger partial charge in [0, 0.05) is 31.3 Å². The van der Waals surface area contributed by atoms with Crippen LogP contribution in [0.5, 0.6) is 11.5 Å². The normalized spacial score (nSPS) is 13.6. The molecule has 3 aromatic rings. The van der Waals surface area contributed by atoms with Gasteiger partial charge in [0.05, 0.1) is 10.4 Å². The van der Waals surface area contributed by atoms with Crippen LogP contribution in [0.3, 0.4) is 0 Å². The van der Waals surface area contributed by atoms with Gasteiger partial charge in [-0.3, -0.25) is 4.79 Å². The number of aliphatic hydroxyl groups is 1. The van der Waals surface area contributed by atoms with Gasteiger partial charge in [0.1, 0.15) is 13.2 Å². The molecule has 31 heavy (non-hydrogen) atoms. The van der Waals surface area contributed by atoms with Crippen LogP contribution < -0.4 is 15.0 Å². The van der Waals surface area contributed by atoms with Crippen LogP contribution in [0.4, 0.5) is 0 Å². The average Bonchev–Trinajstić information content (AvgIpc) is 2.77. The second-order valence-electron chi connectivity index (χ2n) is 7.38. The summed E-state index contributed by atoms with van der Waals surface area (Å²) in [6.07, 6.45) is 0.244. The highest BCUT2D eigenvalue weighted by Crippen LogP contribution is 2.33. The molecule has 0 fully saturated rings. The van der Waals surface area contributed by atoms with Gasteiger partial charge in [0.25, 0.3) is 5.56 Å². The number of hydrogen-bond acceptors (Lipinski definition) is 6. The van der Waals surface area contributed by atoms with Crippen molar-refractivity contribution in [3.05, 3.63) is 63.9 Å². The molecule has 1 aromatic heterocycles. The number of hydrogen-bond donors (Lipinski definition) is 2. The highest BCUT2D eigenvalue weighted by Gasteiger charge is 2.27. The van der Waals surface area contributed by atoms with Gasteiger partial charge in [-0.25, -0.2) is 8.42 Å². The summed E-state index contributed by atoms with van der Waals surface area (Å²) >= 11 is 0. The number of aliphatic hydroxyl groups excluding tert-OH is 1. The number of ether oxygens (including phenoxy) is 2. The molecule has 4 rings (SSSR count). The van der Waals surface area contributed by atoms with Crippen molar-refractivity contribution in [3.8, 4) is 11.5 Å². The Bertz CT molecular complexity index is 1270. The molecule has 0 radical (unpaired) electrons. The van der Waals surface area contributed by atoms with Crippen LogP contribution in [0.15, 0.2) is 52.2 Å². The Morgan fingerprint density at radius 1 is 1.10 bits per heavy atom. The fourth-order valence-corrected chi connectivity index (χ4v) is 5.07. The summed E-state index contributed by atoms with van der Waals surface area (Å²) in [5.41, 5.74) is 1.65.